The molecule has 0 saturated carbocycles. The molecule has 18 heavy (non-hydrogen) atoms. The normalized spacial score (nSPS) is 10.3. The van der Waals surface area contributed by atoms with Gasteiger partial charge in [-0.15, -0.1) is 0 Å². The van der Waals surface area contributed by atoms with Crippen LogP contribution in [0.1, 0.15) is 10.5 Å². The van der Waals surface area contributed by atoms with Crippen molar-refractivity contribution in [1.29, 1.82) is 0 Å². The van der Waals surface area contributed by atoms with Crippen molar-refractivity contribution in [3.05, 3.63) is 48.0 Å². The van der Waals surface area contributed by atoms with Gasteiger partial charge in [0.25, 0.3) is 5.91 Å². The molecule has 0 atom stereocenters. The lowest BCUT2D eigenvalue weighted by molar-refractivity contribution is 0.0994. The maximum atomic E-state index is 12.6. The number of primary amides is 1. The van der Waals surface area contributed by atoms with Crippen molar-refractivity contribution >= 4 is 5.91 Å². The second-order valence-corrected chi connectivity index (χ2v) is 3.63. The number of nitrogens with two attached hydrogens (primary N) is 1. The Hall–Kier alpha value is -2.37. The molecule has 0 aliphatic rings. The number of carbonyl (C=O) groups excluding carboxylic acids is 1. The first-order valence-electron chi connectivity index (χ1n) is 5.37. The highest BCUT2D eigenvalue weighted by atomic mass is 19.1. The largest absolute Gasteiger partial charge is 0.492 e. The molecular weight excluding hydrogens is 237 g/mol. The summed E-state index contributed by atoms with van der Waals surface area (Å²) in [4.78, 5) is 10.8. The Bertz CT molecular complexity index is 537. The first-order valence-corrected chi connectivity index (χ1v) is 5.37. The molecule has 0 aliphatic carbocycles. The smallest absolute Gasteiger partial charge is 0.269 e. The minimum atomic E-state index is -0.562. The highest BCUT2D eigenvalue weighted by Gasteiger charge is 2.04. The molecule has 1 heterocycles. The lowest BCUT2D eigenvalue weighted by Crippen LogP contribution is -2.14. The Balaban J connectivity index is 1.84. The van der Waals surface area contributed by atoms with Crippen LogP contribution in [0.25, 0.3) is 0 Å². The Labute approximate surface area is 103 Å². The van der Waals surface area contributed by atoms with Crippen molar-refractivity contribution in [2.75, 3.05) is 6.61 Å². The molecule has 6 heteroatoms. The quantitative estimate of drug-likeness (QED) is 0.865. The van der Waals surface area contributed by atoms with Crippen LogP contribution in [0.2, 0.25) is 0 Å². The van der Waals surface area contributed by atoms with E-state index in [-0.39, 0.29) is 11.5 Å². The van der Waals surface area contributed by atoms with E-state index in [1.165, 1.54) is 12.1 Å². The zero-order valence-electron chi connectivity index (χ0n) is 9.54. The van der Waals surface area contributed by atoms with E-state index in [2.05, 4.69) is 5.10 Å². The molecule has 2 N–H and O–H groups in total. The fourth-order valence-corrected chi connectivity index (χ4v) is 1.41. The van der Waals surface area contributed by atoms with Gasteiger partial charge in [-0.1, -0.05) is 0 Å². The molecule has 0 spiro atoms. The topological polar surface area (TPSA) is 70.1 Å². The highest BCUT2D eigenvalue weighted by molar-refractivity contribution is 5.90. The Morgan fingerprint density at radius 2 is 2.06 bits per heavy atom. The van der Waals surface area contributed by atoms with Gasteiger partial charge in [-0.2, -0.15) is 5.10 Å². The van der Waals surface area contributed by atoms with Crippen LogP contribution in [-0.2, 0) is 6.54 Å². The number of rotatable bonds is 5. The van der Waals surface area contributed by atoms with Gasteiger partial charge in [0.15, 0.2) is 0 Å². The summed E-state index contributed by atoms with van der Waals surface area (Å²) >= 11 is 0. The van der Waals surface area contributed by atoms with E-state index >= 15 is 0 Å². The van der Waals surface area contributed by atoms with E-state index in [1.807, 2.05) is 0 Å². The molecule has 5 nitrogen and oxygen atoms in total. The molecule has 1 aromatic carbocycles. The standard InChI is InChI=1S/C12H12FN3O2/c13-9-1-3-10(4-2-9)18-8-7-16-6-5-11(15-16)12(14)17/h1-6H,7-8H2,(H2,14,17). The first-order chi connectivity index (χ1) is 8.65. The second-order valence-electron chi connectivity index (χ2n) is 3.63. The van der Waals surface area contributed by atoms with E-state index in [1.54, 1.807) is 29.1 Å². The van der Waals surface area contributed by atoms with Crippen LogP contribution in [0.3, 0.4) is 0 Å². The summed E-state index contributed by atoms with van der Waals surface area (Å²) < 4.78 is 19.6. The van der Waals surface area contributed by atoms with E-state index in [9.17, 15) is 9.18 Å². The molecular formula is C12H12FN3O2. The maximum Gasteiger partial charge on any atom is 0.269 e. The molecule has 2 rings (SSSR count). The Kier molecular flexibility index (Phi) is 3.57. The molecule has 0 bridgehead atoms. The van der Waals surface area contributed by atoms with Gasteiger partial charge in [0, 0.05) is 6.20 Å². The molecule has 0 fully saturated rings. The predicted molar refractivity (Wildman–Crippen MR) is 62.6 cm³/mol. The SMILES string of the molecule is NC(=O)c1ccn(CCOc2ccc(F)cc2)n1. The van der Waals surface area contributed by atoms with Crippen molar-refractivity contribution in [3.8, 4) is 5.75 Å². The van der Waals surface area contributed by atoms with Crippen LogP contribution in [-0.4, -0.2) is 22.3 Å². The monoisotopic (exact) mass is 249 g/mol. The molecule has 0 unspecified atom stereocenters. The number of aromatic nitrogens is 2. The number of carbonyl (C=O) groups is 1. The van der Waals surface area contributed by atoms with Crippen molar-refractivity contribution in [1.82, 2.24) is 9.78 Å². The summed E-state index contributed by atoms with van der Waals surface area (Å²) in [6.45, 7) is 0.843. The zero-order chi connectivity index (χ0) is 13.0. The number of hydrogen-bond acceptors (Lipinski definition) is 3. The van der Waals surface area contributed by atoms with Crippen LogP contribution in [0.5, 0.6) is 5.75 Å². The summed E-state index contributed by atoms with van der Waals surface area (Å²) in [6.07, 6.45) is 1.65. The number of amides is 1. The van der Waals surface area contributed by atoms with Gasteiger partial charge in [-0.3, -0.25) is 9.48 Å². The minimum Gasteiger partial charge on any atom is -0.492 e. The lowest BCUT2D eigenvalue weighted by Gasteiger charge is -2.05. The van der Waals surface area contributed by atoms with Gasteiger partial charge < -0.3 is 10.5 Å². The lowest BCUT2D eigenvalue weighted by atomic mass is 10.3. The Morgan fingerprint density at radius 3 is 2.67 bits per heavy atom. The first kappa shape index (κ1) is 12.1. The van der Waals surface area contributed by atoms with Gasteiger partial charge in [0.05, 0.1) is 6.54 Å². The average Bonchev–Trinajstić information content (AvgIpc) is 2.81. The molecule has 1 amide bonds. The van der Waals surface area contributed by atoms with Crippen LogP contribution in [0, 0.1) is 5.82 Å². The van der Waals surface area contributed by atoms with Crippen molar-refractivity contribution in [2.24, 2.45) is 5.73 Å². The third-order valence-corrected chi connectivity index (χ3v) is 2.30. The number of ether oxygens (including phenoxy) is 1. The van der Waals surface area contributed by atoms with Crippen molar-refractivity contribution in [2.45, 2.75) is 6.54 Å². The van der Waals surface area contributed by atoms with Crippen LogP contribution < -0.4 is 10.5 Å². The van der Waals surface area contributed by atoms with E-state index in [4.69, 9.17) is 10.5 Å². The molecule has 0 saturated heterocycles. The number of hydrogen-bond donors (Lipinski definition) is 1. The van der Waals surface area contributed by atoms with Crippen molar-refractivity contribution in [3.63, 3.8) is 0 Å². The van der Waals surface area contributed by atoms with Gasteiger partial charge >= 0.3 is 0 Å². The third kappa shape index (κ3) is 3.07. The fourth-order valence-electron chi connectivity index (χ4n) is 1.41. The van der Waals surface area contributed by atoms with Crippen molar-refractivity contribution < 1.29 is 13.9 Å². The summed E-state index contributed by atoms with van der Waals surface area (Å²) in [6, 6.07) is 7.30. The summed E-state index contributed by atoms with van der Waals surface area (Å²) in [5, 5.41) is 3.96. The number of benzene rings is 1. The summed E-state index contributed by atoms with van der Waals surface area (Å²) in [7, 11) is 0. The third-order valence-electron chi connectivity index (χ3n) is 2.30. The summed E-state index contributed by atoms with van der Waals surface area (Å²) in [5.74, 6) is -0.285. The highest BCUT2D eigenvalue weighted by Crippen LogP contribution is 2.10. The predicted octanol–water partition coefficient (Wildman–Crippen LogP) is 1.20. The molecule has 94 valence electrons. The summed E-state index contributed by atoms with van der Waals surface area (Å²) in [5.41, 5.74) is 5.30. The van der Waals surface area contributed by atoms with Crippen LogP contribution in [0.4, 0.5) is 4.39 Å². The number of nitrogens with zero attached hydrogens (tertiary/aromatic N) is 2. The molecule has 0 radical (unpaired) electrons. The van der Waals surface area contributed by atoms with Gasteiger partial charge in [-0.05, 0) is 30.3 Å². The van der Waals surface area contributed by atoms with Gasteiger partial charge in [-0.25, -0.2) is 4.39 Å². The van der Waals surface area contributed by atoms with E-state index in [0.717, 1.165) is 0 Å². The second kappa shape index (κ2) is 5.31. The van der Waals surface area contributed by atoms with Crippen LogP contribution in [0.15, 0.2) is 36.5 Å². The minimum absolute atomic E-state index is 0.219. The zero-order valence-corrected chi connectivity index (χ0v) is 9.54. The van der Waals surface area contributed by atoms with Gasteiger partial charge in [0.1, 0.15) is 23.9 Å². The Morgan fingerprint density at radius 1 is 1.33 bits per heavy atom. The molecule has 1 aromatic heterocycles. The molecule has 2 aromatic rings. The maximum absolute atomic E-state index is 12.6. The molecule has 0 aliphatic heterocycles. The van der Waals surface area contributed by atoms with E-state index in [0.29, 0.717) is 18.9 Å². The van der Waals surface area contributed by atoms with Gasteiger partial charge in [0.2, 0.25) is 0 Å². The number of halogens is 1. The fraction of sp³-hybridized carbons (Fsp3) is 0.167. The average molecular weight is 249 g/mol. The van der Waals surface area contributed by atoms with E-state index < -0.39 is 5.91 Å². The van der Waals surface area contributed by atoms with Crippen LogP contribution >= 0.6 is 0 Å².